The molecule has 0 saturated carbocycles. The van der Waals surface area contributed by atoms with Crippen LogP contribution >= 0.6 is 0 Å². The molecule has 1 amide bonds. The van der Waals surface area contributed by atoms with E-state index < -0.39 is 0 Å². The van der Waals surface area contributed by atoms with Crippen molar-refractivity contribution < 1.29 is 14.3 Å². The Bertz CT molecular complexity index is 644. The Morgan fingerprint density at radius 1 is 1.24 bits per heavy atom. The lowest BCUT2D eigenvalue weighted by Crippen LogP contribution is -2.25. The predicted molar refractivity (Wildman–Crippen MR) is 98.7 cm³/mol. The Morgan fingerprint density at radius 3 is 2.72 bits per heavy atom. The molecule has 25 heavy (non-hydrogen) atoms. The highest BCUT2D eigenvalue weighted by Gasteiger charge is 2.19. The predicted octanol–water partition coefficient (Wildman–Crippen LogP) is 3.75. The summed E-state index contributed by atoms with van der Waals surface area (Å²) in [6.07, 6.45) is 9.21. The van der Waals surface area contributed by atoms with E-state index in [2.05, 4.69) is 16.4 Å². The van der Waals surface area contributed by atoms with Crippen LogP contribution in [-0.4, -0.2) is 30.0 Å². The van der Waals surface area contributed by atoms with Gasteiger partial charge in [0.1, 0.15) is 0 Å². The summed E-state index contributed by atoms with van der Waals surface area (Å²) in [5, 5.41) is 3.00. The zero-order valence-corrected chi connectivity index (χ0v) is 15.7. The number of carbonyl (C=O) groups is 2. The van der Waals surface area contributed by atoms with Crippen LogP contribution in [0.3, 0.4) is 0 Å². The van der Waals surface area contributed by atoms with Gasteiger partial charge >= 0.3 is 5.97 Å². The van der Waals surface area contributed by atoms with Crippen LogP contribution in [0.1, 0.15) is 72.8 Å². The highest BCUT2D eigenvalue weighted by atomic mass is 16.5. The average molecular weight is 346 g/mol. The summed E-state index contributed by atoms with van der Waals surface area (Å²) < 4.78 is 5.10. The zero-order chi connectivity index (χ0) is 18.2. The summed E-state index contributed by atoms with van der Waals surface area (Å²) in [7, 11) is 0. The minimum atomic E-state index is -0.301. The number of hydrogen-bond acceptors (Lipinski definition) is 3. The number of carbonyl (C=O) groups excluding carboxylic acids is 2. The first-order valence-corrected chi connectivity index (χ1v) is 9.32. The fourth-order valence-corrected chi connectivity index (χ4v) is 3.40. The molecule has 0 atom stereocenters. The van der Waals surface area contributed by atoms with Gasteiger partial charge in [0, 0.05) is 24.4 Å². The van der Waals surface area contributed by atoms with Crippen LogP contribution in [0.2, 0.25) is 0 Å². The van der Waals surface area contributed by atoms with Gasteiger partial charge in [-0.25, -0.2) is 4.79 Å². The number of esters is 1. The summed E-state index contributed by atoms with van der Waals surface area (Å²) in [5.74, 6) is -0.244. The van der Waals surface area contributed by atoms with Gasteiger partial charge in [0.05, 0.1) is 12.2 Å². The van der Waals surface area contributed by atoms with Gasteiger partial charge in [0.15, 0.2) is 0 Å². The Morgan fingerprint density at radius 2 is 2.04 bits per heavy atom. The average Bonchev–Trinajstić information content (AvgIpc) is 2.88. The lowest BCUT2D eigenvalue weighted by molar-refractivity contribution is -0.121. The molecule has 1 aliphatic rings. The largest absolute Gasteiger partial charge is 0.462 e. The fourth-order valence-electron chi connectivity index (χ4n) is 3.40. The Kier molecular flexibility index (Phi) is 7.29. The molecule has 1 aliphatic carbocycles. The van der Waals surface area contributed by atoms with E-state index in [1.165, 1.54) is 31.3 Å². The highest BCUT2D eigenvalue weighted by Crippen LogP contribution is 2.21. The Labute approximate surface area is 150 Å². The number of ether oxygens (including phenoxy) is 1. The zero-order valence-electron chi connectivity index (χ0n) is 15.7. The molecule has 5 heteroatoms. The molecule has 0 aliphatic heterocycles. The normalized spacial score (nSPS) is 14.1. The Hall–Kier alpha value is -2.04. The number of aromatic nitrogens is 1. The van der Waals surface area contributed by atoms with Crippen molar-refractivity contribution in [3.05, 3.63) is 34.2 Å². The molecule has 0 unspecified atom stereocenters. The number of H-pyrrole nitrogens is 1. The van der Waals surface area contributed by atoms with Gasteiger partial charge in [0.2, 0.25) is 5.91 Å². The van der Waals surface area contributed by atoms with Crippen LogP contribution in [0.15, 0.2) is 11.6 Å². The molecule has 1 aromatic rings. The molecule has 1 aromatic heterocycles. The monoisotopic (exact) mass is 346 g/mol. The summed E-state index contributed by atoms with van der Waals surface area (Å²) in [5.41, 5.74) is 4.69. The lowest BCUT2D eigenvalue weighted by Gasteiger charge is -2.12. The van der Waals surface area contributed by atoms with Crippen molar-refractivity contribution in [3.8, 4) is 0 Å². The molecule has 5 nitrogen and oxygen atoms in total. The van der Waals surface area contributed by atoms with Gasteiger partial charge in [-0.3, -0.25) is 4.79 Å². The number of nitrogens with one attached hydrogen (secondary N) is 2. The fraction of sp³-hybridized carbons (Fsp3) is 0.600. The van der Waals surface area contributed by atoms with Crippen molar-refractivity contribution in [2.24, 2.45) is 0 Å². The molecule has 0 saturated heterocycles. The first-order valence-electron chi connectivity index (χ1n) is 9.32. The van der Waals surface area contributed by atoms with Crippen molar-refractivity contribution in [1.29, 1.82) is 0 Å². The first-order chi connectivity index (χ1) is 12.0. The molecular weight excluding hydrogens is 316 g/mol. The summed E-state index contributed by atoms with van der Waals surface area (Å²) in [4.78, 5) is 27.3. The van der Waals surface area contributed by atoms with E-state index in [0.717, 1.165) is 23.4 Å². The van der Waals surface area contributed by atoms with Gasteiger partial charge in [-0.1, -0.05) is 11.6 Å². The second-order valence-electron chi connectivity index (χ2n) is 6.66. The molecule has 0 fully saturated rings. The van der Waals surface area contributed by atoms with Crippen LogP contribution in [0.25, 0.3) is 0 Å². The van der Waals surface area contributed by atoms with E-state index in [1.54, 1.807) is 6.92 Å². The van der Waals surface area contributed by atoms with Gasteiger partial charge in [-0.15, -0.1) is 0 Å². The summed E-state index contributed by atoms with van der Waals surface area (Å²) >= 11 is 0. The van der Waals surface area contributed by atoms with Crippen molar-refractivity contribution in [2.45, 2.75) is 65.7 Å². The molecule has 2 rings (SSSR count). The molecule has 2 N–H and O–H groups in total. The minimum absolute atomic E-state index is 0.0562. The smallest absolute Gasteiger partial charge is 0.340 e. The number of aryl methyl sites for hydroxylation is 2. The van der Waals surface area contributed by atoms with Crippen molar-refractivity contribution in [2.75, 3.05) is 13.2 Å². The van der Waals surface area contributed by atoms with Gasteiger partial charge in [-0.2, -0.15) is 0 Å². The van der Waals surface area contributed by atoms with Crippen LogP contribution in [-0.2, 0) is 16.0 Å². The standard InChI is InChI=1S/C20H30N2O3/c1-4-25-20(24)19-14(2)17(22-15(19)3)10-11-18(23)21-13-12-16-8-6-5-7-9-16/h8,22H,4-7,9-13H2,1-3H3,(H,21,23). The number of aromatic amines is 1. The molecule has 0 bridgehead atoms. The third-order valence-corrected chi connectivity index (χ3v) is 4.78. The molecule has 0 radical (unpaired) electrons. The Balaban J connectivity index is 1.80. The quantitative estimate of drug-likeness (QED) is 0.556. The van der Waals surface area contributed by atoms with Crippen LogP contribution in [0.5, 0.6) is 0 Å². The second-order valence-corrected chi connectivity index (χ2v) is 6.66. The van der Waals surface area contributed by atoms with Crippen molar-refractivity contribution in [1.82, 2.24) is 10.3 Å². The van der Waals surface area contributed by atoms with E-state index in [4.69, 9.17) is 4.74 Å². The van der Waals surface area contributed by atoms with Crippen molar-refractivity contribution in [3.63, 3.8) is 0 Å². The lowest BCUT2D eigenvalue weighted by atomic mass is 9.97. The molecule has 1 heterocycles. The maximum Gasteiger partial charge on any atom is 0.340 e. The van der Waals surface area contributed by atoms with E-state index in [-0.39, 0.29) is 11.9 Å². The van der Waals surface area contributed by atoms with Gasteiger partial charge in [0.25, 0.3) is 0 Å². The van der Waals surface area contributed by atoms with E-state index in [1.807, 2.05) is 13.8 Å². The molecule has 0 aromatic carbocycles. The number of hydrogen-bond donors (Lipinski definition) is 2. The topological polar surface area (TPSA) is 71.2 Å². The molecule has 0 spiro atoms. The van der Waals surface area contributed by atoms with Crippen LogP contribution in [0, 0.1) is 13.8 Å². The highest BCUT2D eigenvalue weighted by molar-refractivity contribution is 5.92. The second kappa shape index (κ2) is 9.44. The van der Waals surface area contributed by atoms with Crippen LogP contribution < -0.4 is 5.32 Å². The summed E-state index contributed by atoms with van der Waals surface area (Å²) in [6, 6.07) is 0. The third kappa shape index (κ3) is 5.48. The first kappa shape index (κ1) is 19.3. The summed E-state index contributed by atoms with van der Waals surface area (Å²) in [6.45, 7) is 6.63. The van der Waals surface area contributed by atoms with Gasteiger partial charge < -0.3 is 15.0 Å². The minimum Gasteiger partial charge on any atom is -0.462 e. The van der Waals surface area contributed by atoms with Crippen molar-refractivity contribution >= 4 is 11.9 Å². The molecule has 138 valence electrons. The van der Waals surface area contributed by atoms with Crippen LogP contribution in [0.4, 0.5) is 0 Å². The maximum absolute atomic E-state index is 12.1. The number of allylic oxidation sites excluding steroid dienone is 1. The maximum atomic E-state index is 12.1. The van der Waals surface area contributed by atoms with E-state index >= 15 is 0 Å². The number of rotatable bonds is 8. The van der Waals surface area contributed by atoms with E-state index in [0.29, 0.717) is 31.6 Å². The SMILES string of the molecule is CCOC(=O)c1c(C)[nH]c(CCC(=O)NCCC2=CCCCC2)c1C. The number of amides is 1. The molecular formula is C20H30N2O3. The van der Waals surface area contributed by atoms with E-state index in [9.17, 15) is 9.59 Å². The van der Waals surface area contributed by atoms with Gasteiger partial charge in [-0.05, 0) is 64.9 Å². The third-order valence-electron chi connectivity index (χ3n) is 4.78.